The summed E-state index contributed by atoms with van der Waals surface area (Å²) in [5, 5.41) is 12.5. The van der Waals surface area contributed by atoms with Crippen molar-refractivity contribution in [2.24, 2.45) is 5.73 Å². The van der Waals surface area contributed by atoms with Crippen molar-refractivity contribution in [2.45, 2.75) is 18.5 Å². The van der Waals surface area contributed by atoms with Crippen LogP contribution in [-0.2, 0) is 11.2 Å². The van der Waals surface area contributed by atoms with Gasteiger partial charge in [-0.05, 0) is 24.1 Å². The highest BCUT2D eigenvalue weighted by atomic mass is 35.5. The smallest absolute Gasteiger partial charge is 0.322 e. The molecule has 2 atom stereocenters. The fraction of sp³-hybridized carbons (Fsp3) is 0.500. The highest BCUT2D eigenvalue weighted by molar-refractivity contribution is 5.86. The van der Waals surface area contributed by atoms with Gasteiger partial charge in [-0.25, -0.2) is 4.39 Å². The Morgan fingerprint density at radius 1 is 1.35 bits per heavy atom. The quantitative estimate of drug-likeness (QED) is 0.707. The Morgan fingerprint density at radius 2 is 1.96 bits per heavy atom. The van der Waals surface area contributed by atoms with Gasteiger partial charge in [-0.3, -0.25) is 9.69 Å². The number of carboxylic acid groups (broad SMARTS) is 1. The lowest BCUT2D eigenvalue weighted by molar-refractivity contribution is -0.144. The predicted octanol–water partition coefficient (Wildman–Crippen LogP) is 1.32. The van der Waals surface area contributed by atoms with E-state index < -0.39 is 12.0 Å². The number of piperazine rings is 1. The van der Waals surface area contributed by atoms with Crippen LogP contribution in [0.15, 0.2) is 24.3 Å². The van der Waals surface area contributed by atoms with Crippen molar-refractivity contribution in [3.05, 3.63) is 35.6 Å². The lowest BCUT2D eigenvalue weighted by atomic mass is 10.0. The van der Waals surface area contributed by atoms with E-state index in [4.69, 9.17) is 5.73 Å². The number of nitrogens with one attached hydrogen (secondary N) is 1. The highest BCUT2D eigenvalue weighted by Crippen LogP contribution is 2.14. The molecule has 23 heavy (non-hydrogen) atoms. The summed E-state index contributed by atoms with van der Waals surface area (Å²) in [5.74, 6) is -1.16. The first-order valence-corrected chi connectivity index (χ1v) is 6.75. The van der Waals surface area contributed by atoms with E-state index in [1.54, 1.807) is 12.1 Å². The van der Waals surface area contributed by atoms with Gasteiger partial charge in [0.25, 0.3) is 0 Å². The van der Waals surface area contributed by atoms with Crippen LogP contribution in [0.4, 0.5) is 4.39 Å². The monoisotopic (exact) mass is 389 g/mol. The maximum Gasteiger partial charge on any atom is 0.322 e. The van der Waals surface area contributed by atoms with Crippen LogP contribution in [0.3, 0.4) is 0 Å². The van der Waals surface area contributed by atoms with Gasteiger partial charge in [-0.1, -0.05) is 12.1 Å². The first kappa shape index (κ1) is 24.6. The number of benzene rings is 1. The minimum absolute atomic E-state index is 0. The van der Waals surface area contributed by atoms with Crippen molar-refractivity contribution in [1.29, 1.82) is 0 Å². The summed E-state index contributed by atoms with van der Waals surface area (Å²) in [4.78, 5) is 13.2. The number of aliphatic carboxylic acids is 1. The highest BCUT2D eigenvalue weighted by Gasteiger charge is 2.32. The molecule has 0 bridgehead atoms. The normalized spacial score (nSPS) is 18.8. The minimum Gasteiger partial charge on any atom is -0.480 e. The number of nitrogens with zero attached hydrogens (tertiary/aromatic N) is 1. The third-order valence-electron chi connectivity index (χ3n) is 3.69. The minimum atomic E-state index is -0.890. The molecule has 1 fully saturated rings. The number of rotatable bonds is 5. The van der Waals surface area contributed by atoms with Crippen molar-refractivity contribution in [3.63, 3.8) is 0 Å². The SMILES string of the molecule is Cl.Cl.Cl.NC[C@@H](C(=O)O)N1CCNCC1Cc1ccc(F)cc1. The topological polar surface area (TPSA) is 78.6 Å². The summed E-state index contributed by atoms with van der Waals surface area (Å²) in [5.41, 5.74) is 6.58. The van der Waals surface area contributed by atoms with Crippen LogP contribution in [0.25, 0.3) is 0 Å². The fourth-order valence-corrected chi connectivity index (χ4v) is 2.65. The number of nitrogens with two attached hydrogens (primary N) is 1. The molecule has 1 aromatic carbocycles. The van der Waals surface area contributed by atoms with Gasteiger partial charge < -0.3 is 16.2 Å². The Labute approximate surface area is 154 Å². The zero-order valence-electron chi connectivity index (χ0n) is 12.5. The van der Waals surface area contributed by atoms with E-state index in [0.29, 0.717) is 19.5 Å². The Kier molecular flexibility index (Phi) is 12.7. The predicted molar refractivity (Wildman–Crippen MR) is 95.7 cm³/mol. The molecule has 1 unspecified atom stereocenters. The van der Waals surface area contributed by atoms with Crippen molar-refractivity contribution in [2.75, 3.05) is 26.2 Å². The third kappa shape index (κ3) is 6.79. The van der Waals surface area contributed by atoms with Crippen LogP contribution in [-0.4, -0.2) is 54.2 Å². The van der Waals surface area contributed by atoms with Gasteiger partial charge in [0.1, 0.15) is 11.9 Å². The van der Waals surface area contributed by atoms with Crippen LogP contribution >= 0.6 is 37.2 Å². The zero-order chi connectivity index (χ0) is 14.5. The van der Waals surface area contributed by atoms with Gasteiger partial charge in [0, 0.05) is 32.2 Å². The second-order valence-corrected chi connectivity index (χ2v) is 5.02. The van der Waals surface area contributed by atoms with Gasteiger partial charge in [0.2, 0.25) is 0 Å². The summed E-state index contributed by atoms with van der Waals surface area (Å²) in [6.07, 6.45) is 0.678. The molecule has 0 aliphatic carbocycles. The van der Waals surface area contributed by atoms with Gasteiger partial charge >= 0.3 is 5.97 Å². The molecule has 1 aliphatic heterocycles. The molecule has 134 valence electrons. The average molecular weight is 391 g/mol. The van der Waals surface area contributed by atoms with Crippen molar-refractivity contribution < 1.29 is 14.3 Å². The number of carboxylic acids is 1. The maximum atomic E-state index is 12.9. The van der Waals surface area contributed by atoms with Crippen LogP contribution in [0.2, 0.25) is 0 Å². The standard InChI is InChI=1S/C14H20FN3O2.3ClH/c15-11-3-1-10(2-4-11)7-12-9-17-5-6-18(12)13(8-16)14(19)20;;;/h1-4,12-13,17H,5-9,16H2,(H,19,20);3*1H/t12?,13-;;;/m0.../s1. The molecular weight excluding hydrogens is 368 g/mol. The van der Waals surface area contributed by atoms with Crippen LogP contribution in [0.5, 0.6) is 0 Å². The van der Waals surface area contributed by atoms with Crippen molar-refractivity contribution >= 4 is 43.2 Å². The summed E-state index contributed by atoms with van der Waals surface area (Å²) in [7, 11) is 0. The van der Waals surface area contributed by atoms with Crippen molar-refractivity contribution in [3.8, 4) is 0 Å². The third-order valence-corrected chi connectivity index (χ3v) is 3.69. The fourth-order valence-electron chi connectivity index (χ4n) is 2.65. The molecule has 0 saturated carbocycles. The second kappa shape index (κ2) is 11.8. The van der Waals surface area contributed by atoms with E-state index in [1.165, 1.54) is 12.1 Å². The van der Waals surface area contributed by atoms with E-state index >= 15 is 0 Å². The molecule has 0 aromatic heterocycles. The Balaban J connectivity index is 0. The first-order valence-electron chi connectivity index (χ1n) is 6.75. The summed E-state index contributed by atoms with van der Waals surface area (Å²) < 4.78 is 12.9. The zero-order valence-corrected chi connectivity index (χ0v) is 14.9. The maximum absolute atomic E-state index is 12.9. The lowest BCUT2D eigenvalue weighted by Gasteiger charge is -2.39. The second-order valence-electron chi connectivity index (χ2n) is 5.02. The van der Waals surface area contributed by atoms with Crippen LogP contribution in [0, 0.1) is 5.82 Å². The van der Waals surface area contributed by atoms with E-state index in [-0.39, 0.29) is 55.6 Å². The van der Waals surface area contributed by atoms with E-state index in [1.807, 2.05) is 4.90 Å². The van der Waals surface area contributed by atoms with E-state index in [0.717, 1.165) is 12.1 Å². The van der Waals surface area contributed by atoms with E-state index in [9.17, 15) is 14.3 Å². The number of carbonyl (C=O) groups is 1. The van der Waals surface area contributed by atoms with Gasteiger partial charge in [0.05, 0.1) is 0 Å². The van der Waals surface area contributed by atoms with Crippen LogP contribution in [0.1, 0.15) is 5.56 Å². The lowest BCUT2D eigenvalue weighted by Crippen LogP contribution is -2.59. The number of hydrogen-bond acceptors (Lipinski definition) is 4. The summed E-state index contributed by atoms with van der Waals surface area (Å²) >= 11 is 0. The molecule has 5 nitrogen and oxygen atoms in total. The summed E-state index contributed by atoms with van der Waals surface area (Å²) in [6.45, 7) is 2.21. The Hall–Kier alpha value is -0.630. The molecule has 1 aromatic rings. The molecule has 0 spiro atoms. The molecule has 0 radical (unpaired) electrons. The molecule has 1 aliphatic rings. The number of halogens is 4. The first-order chi connectivity index (χ1) is 9.61. The Morgan fingerprint density at radius 3 is 2.48 bits per heavy atom. The molecular formula is C14H23Cl3FN3O2. The number of hydrogen-bond donors (Lipinski definition) is 3. The molecule has 1 saturated heterocycles. The van der Waals surface area contributed by atoms with Gasteiger partial charge in [-0.2, -0.15) is 0 Å². The van der Waals surface area contributed by atoms with Gasteiger partial charge in [0.15, 0.2) is 0 Å². The van der Waals surface area contributed by atoms with Crippen LogP contribution < -0.4 is 11.1 Å². The average Bonchev–Trinajstić information content (AvgIpc) is 2.43. The van der Waals surface area contributed by atoms with Gasteiger partial charge in [-0.15, -0.1) is 37.2 Å². The largest absolute Gasteiger partial charge is 0.480 e. The Bertz CT molecular complexity index is 465. The molecule has 0 amide bonds. The van der Waals surface area contributed by atoms with Crippen molar-refractivity contribution in [1.82, 2.24) is 10.2 Å². The van der Waals surface area contributed by atoms with E-state index in [2.05, 4.69) is 5.32 Å². The molecule has 1 heterocycles. The molecule has 4 N–H and O–H groups in total. The molecule has 9 heteroatoms. The summed E-state index contributed by atoms with van der Waals surface area (Å²) in [6, 6.07) is 5.71. The molecule has 2 rings (SSSR count).